The average Bonchev–Trinajstić information content (AvgIpc) is 3.21. The number of thiophene rings is 1. The molecule has 3 aromatic rings. The van der Waals surface area contributed by atoms with Gasteiger partial charge in [0.05, 0.1) is 4.88 Å². The predicted molar refractivity (Wildman–Crippen MR) is 102 cm³/mol. The van der Waals surface area contributed by atoms with E-state index in [1.54, 1.807) is 12.1 Å². The molecule has 0 saturated carbocycles. The van der Waals surface area contributed by atoms with E-state index < -0.39 is 5.91 Å². The lowest BCUT2D eigenvalue weighted by Crippen LogP contribution is -2.16. The van der Waals surface area contributed by atoms with Crippen LogP contribution >= 0.6 is 22.7 Å². The van der Waals surface area contributed by atoms with Gasteiger partial charge in [0.2, 0.25) is 0 Å². The Morgan fingerprint density at radius 3 is 2.68 bits per heavy atom. The highest BCUT2D eigenvalue weighted by Crippen LogP contribution is 2.32. The smallest absolute Gasteiger partial charge is 0.270 e. The molecule has 1 aromatic carbocycles. The molecule has 6 nitrogen and oxygen atoms in total. The van der Waals surface area contributed by atoms with Crippen LogP contribution < -0.4 is 16.4 Å². The van der Waals surface area contributed by atoms with Gasteiger partial charge in [-0.15, -0.1) is 11.3 Å². The van der Waals surface area contributed by atoms with Crippen LogP contribution in [0, 0.1) is 13.8 Å². The lowest BCUT2D eigenvalue weighted by molar-refractivity contribution is 0.0997. The summed E-state index contributed by atoms with van der Waals surface area (Å²) in [6.07, 6.45) is 0. The summed E-state index contributed by atoms with van der Waals surface area (Å²) in [7, 11) is 0. The zero-order chi connectivity index (χ0) is 18.0. The number of hydrogen-bond acceptors (Lipinski definition) is 6. The topological polar surface area (TPSA) is 97.1 Å². The number of anilines is 3. The second kappa shape index (κ2) is 7.04. The molecule has 0 spiro atoms. The maximum atomic E-state index is 12.2. The Labute approximate surface area is 152 Å². The normalized spacial score (nSPS) is 10.5. The third-order valence-corrected chi connectivity index (χ3v) is 5.22. The van der Waals surface area contributed by atoms with Gasteiger partial charge in [0.25, 0.3) is 11.8 Å². The second-order valence-electron chi connectivity index (χ2n) is 5.44. The molecular formula is C17H16N4O2S2. The molecule has 0 radical (unpaired) electrons. The van der Waals surface area contributed by atoms with Crippen LogP contribution in [0.5, 0.6) is 0 Å². The van der Waals surface area contributed by atoms with Gasteiger partial charge in [-0.3, -0.25) is 9.59 Å². The zero-order valence-electron chi connectivity index (χ0n) is 13.6. The number of hydrogen-bond donors (Lipinski definition) is 3. The Hall–Kier alpha value is -2.71. The summed E-state index contributed by atoms with van der Waals surface area (Å²) in [4.78, 5) is 28.7. The Morgan fingerprint density at radius 2 is 2.00 bits per heavy atom. The highest BCUT2D eigenvalue weighted by Gasteiger charge is 2.19. The molecule has 8 heteroatoms. The van der Waals surface area contributed by atoms with Crippen molar-refractivity contribution in [3.8, 4) is 0 Å². The quantitative estimate of drug-likeness (QED) is 0.632. The molecule has 128 valence electrons. The number of rotatable bonds is 5. The highest BCUT2D eigenvalue weighted by atomic mass is 32.1. The van der Waals surface area contributed by atoms with Crippen LogP contribution in [0.4, 0.5) is 15.8 Å². The molecule has 3 rings (SSSR count). The van der Waals surface area contributed by atoms with Crippen molar-refractivity contribution in [2.24, 2.45) is 5.73 Å². The number of aromatic nitrogens is 1. The van der Waals surface area contributed by atoms with Crippen molar-refractivity contribution in [3.05, 3.63) is 57.4 Å². The fraction of sp³-hybridized carbons (Fsp3) is 0.118. The molecule has 0 aliphatic heterocycles. The number of amides is 2. The first-order valence-electron chi connectivity index (χ1n) is 7.44. The first-order valence-corrected chi connectivity index (χ1v) is 9.13. The summed E-state index contributed by atoms with van der Waals surface area (Å²) in [5.74, 6) is -0.980. The summed E-state index contributed by atoms with van der Waals surface area (Å²) in [5, 5.41) is 8.53. The number of carbonyl (C=O) groups excluding carboxylic acids is 2. The number of nitrogens with zero attached hydrogens (tertiary/aromatic N) is 1. The molecule has 2 heterocycles. The molecule has 4 N–H and O–H groups in total. The fourth-order valence-corrected chi connectivity index (χ4v) is 3.68. The minimum absolute atomic E-state index is 0.0442. The van der Waals surface area contributed by atoms with Crippen molar-refractivity contribution in [2.75, 3.05) is 10.6 Å². The Kier molecular flexibility index (Phi) is 4.82. The molecule has 0 unspecified atom stereocenters. The van der Waals surface area contributed by atoms with Gasteiger partial charge in [0, 0.05) is 5.69 Å². The van der Waals surface area contributed by atoms with E-state index in [0.29, 0.717) is 15.0 Å². The number of carbonyl (C=O) groups is 2. The van der Waals surface area contributed by atoms with Gasteiger partial charge in [-0.25, -0.2) is 4.98 Å². The highest BCUT2D eigenvalue weighted by molar-refractivity contribution is 7.20. The van der Waals surface area contributed by atoms with Crippen molar-refractivity contribution in [1.82, 2.24) is 4.98 Å². The van der Waals surface area contributed by atoms with E-state index in [2.05, 4.69) is 15.6 Å². The van der Waals surface area contributed by atoms with Crippen molar-refractivity contribution in [2.45, 2.75) is 13.8 Å². The van der Waals surface area contributed by atoms with E-state index in [9.17, 15) is 9.59 Å². The zero-order valence-corrected chi connectivity index (χ0v) is 15.3. The molecule has 0 fully saturated rings. The minimum atomic E-state index is -0.688. The van der Waals surface area contributed by atoms with Crippen LogP contribution in [-0.4, -0.2) is 16.8 Å². The third-order valence-electron chi connectivity index (χ3n) is 3.47. The van der Waals surface area contributed by atoms with Gasteiger partial charge < -0.3 is 16.4 Å². The third kappa shape index (κ3) is 3.86. The number of primary amides is 1. The molecule has 2 aromatic heterocycles. The summed E-state index contributed by atoms with van der Waals surface area (Å²) in [6, 6.07) is 9.50. The molecule has 0 saturated heterocycles. The first-order chi connectivity index (χ1) is 11.9. The maximum Gasteiger partial charge on any atom is 0.270 e. The Morgan fingerprint density at radius 1 is 1.20 bits per heavy atom. The Bertz CT molecular complexity index is 932. The lowest BCUT2D eigenvalue weighted by Gasteiger charge is -2.07. The van der Waals surface area contributed by atoms with E-state index in [1.807, 2.05) is 37.4 Å². The van der Waals surface area contributed by atoms with Crippen LogP contribution in [0.25, 0.3) is 0 Å². The molecular weight excluding hydrogens is 356 g/mol. The van der Waals surface area contributed by atoms with Crippen LogP contribution in [0.2, 0.25) is 0 Å². The van der Waals surface area contributed by atoms with Crippen molar-refractivity contribution in [3.63, 3.8) is 0 Å². The standard InChI is InChI=1S/C17H16N4O2S2/c1-9-5-6-10(2)11(8-9)19-17-20-13(14(18)22)16(25-17)21-15(23)12-4-3-7-24-12/h3-8H,1-2H3,(H2,18,22)(H,19,20)(H,21,23). The second-order valence-corrected chi connectivity index (χ2v) is 7.38. The van der Waals surface area contributed by atoms with Crippen molar-refractivity contribution < 1.29 is 9.59 Å². The molecule has 25 heavy (non-hydrogen) atoms. The first kappa shape index (κ1) is 17.1. The SMILES string of the molecule is Cc1ccc(C)c(Nc2nc(C(N)=O)c(NC(=O)c3cccs3)s2)c1. The van der Waals surface area contributed by atoms with E-state index in [0.717, 1.165) is 16.8 Å². The minimum Gasteiger partial charge on any atom is -0.364 e. The number of nitrogens with one attached hydrogen (secondary N) is 2. The van der Waals surface area contributed by atoms with Crippen LogP contribution in [0.1, 0.15) is 31.3 Å². The molecule has 0 atom stereocenters. The predicted octanol–water partition coefficient (Wildman–Crippen LogP) is 3.92. The Balaban J connectivity index is 1.88. The van der Waals surface area contributed by atoms with Gasteiger partial charge in [-0.1, -0.05) is 29.5 Å². The van der Waals surface area contributed by atoms with E-state index in [1.165, 1.54) is 22.7 Å². The number of aryl methyl sites for hydroxylation is 2. The lowest BCUT2D eigenvalue weighted by atomic mass is 10.1. The molecule has 0 aliphatic carbocycles. The van der Waals surface area contributed by atoms with E-state index in [-0.39, 0.29) is 11.6 Å². The van der Waals surface area contributed by atoms with Crippen molar-refractivity contribution >= 4 is 50.3 Å². The number of nitrogens with two attached hydrogens (primary N) is 1. The van der Waals surface area contributed by atoms with Gasteiger partial charge in [-0.05, 0) is 42.5 Å². The fourth-order valence-electron chi connectivity index (χ4n) is 2.18. The van der Waals surface area contributed by atoms with Gasteiger partial charge >= 0.3 is 0 Å². The van der Waals surface area contributed by atoms with Gasteiger partial charge in [-0.2, -0.15) is 0 Å². The molecule has 2 amide bonds. The van der Waals surface area contributed by atoms with Crippen LogP contribution in [0.3, 0.4) is 0 Å². The van der Waals surface area contributed by atoms with Crippen molar-refractivity contribution in [1.29, 1.82) is 0 Å². The summed E-state index contributed by atoms with van der Waals surface area (Å²) in [5.41, 5.74) is 8.48. The number of benzene rings is 1. The monoisotopic (exact) mass is 372 g/mol. The van der Waals surface area contributed by atoms with Crippen LogP contribution in [0.15, 0.2) is 35.7 Å². The average molecular weight is 372 g/mol. The van der Waals surface area contributed by atoms with E-state index in [4.69, 9.17) is 5.73 Å². The largest absolute Gasteiger partial charge is 0.364 e. The summed E-state index contributed by atoms with van der Waals surface area (Å²) in [6.45, 7) is 3.97. The van der Waals surface area contributed by atoms with Gasteiger partial charge in [0.15, 0.2) is 10.8 Å². The molecule has 0 aliphatic rings. The summed E-state index contributed by atoms with van der Waals surface area (Å²) >= 11 is 2.49. The molecule has 0 bridgehead atoms. The van der Waals surface area contributed by atoms with Gasteiger partial charge in [0.1, 0.15) is 5.00 Å². The summed E-state index contributed by atoms with van der Waals surface area (Å²) < 4.78 is 0. The number of thiazole rings is 1. The van der Waals surface area contributed by atoms with Crippen LogP contribution in [-0.2, 0) is 0 Å². The maximum absolute atomic E-state index is 12.2. The van der Waals surface area contributed by atoms with E-state index >= 15 is 0 Å².